The van der Waals surface area contributed by atoms with Crippen molar-refractivity contribution in [3.05, 3.63) is 29.3 Å². The van der Waals surface area contributed by atoms with E-state index in [-0.39, 0.29) is 11.6 Å². The highest BCUT2D eigenvalue weighted by Crippen LogP contribution is 2.22. The standard InChI is InChI=1S/C13H18F2N2O/c1-4-16-7-9(3)13(18)17-12-10(14)6-5-8(2)11(12)15/h5-6,9,16H,4,7H2,1-3H3,(H,17,18). The van der Waals surface area contributed by atoms with Crippen LogP contribution in [0.3, 0.4) is 0 Å². The van der Waals surface area contributed by atoms with Gasteiger partial charge in [-0.05, 0) is 25.1 Å². The van der Waals surface area contributed by atoms with Crippen molar-refractivity contribution >= 4 is 11.6 Å². The summed E-state index contributed by atoms with van der Waals surface area (Å²) in [7, 11) is 0. The van der Waals surface area contributed by atoms with Crippen molar-refractivity contribution < 1.29 is 13.6 Å². The van der Waals surface area contributed by atoms with E-state index < -0.39 is 17.5 Å². The van der Waals surface area contributed by atoms with E-state index in [4.69, 9.17) is 0 Å². The van der Waals surface area contributed by atoms with Crippen LogP contribution < -0.4 is 10.6 Å². The minimum absolute atomic E-state index is 0.297. The Labute approximate surface area is 106 Å². The van der Waals surface area contributed by atoms with Crippen molar-refractivity contribution in [3.63, 3.8) is 0 Å². The molecule has 0 bridgehead atoms. The van der Waals surface area contributed by atoms with Gasteiger partial charge >= 0.3 is 0 Å². The molecule has 3 nitrogen and oxygen atoms in total. The number of rotatable bonds is 5. The summed E-state index contributed by atoms with van der Waals surface area (Å²) in [6.07, 6.45) is 0. The molecule has 0 fully saturated rings. The number of benzene rings is 1. The van der Waals surface area contributed by atoms with Crippen LogP contribution in [0.25, 0.3) is 0 Å². The number of carbonyl (C=O) groups is 1. The lowest BCUT2D eigenvalue weighted by Gasteiger charge is -2.14. The van der Waals surface area contributed by atoms with Crippen LogP contribution in [0.5, 0.6) is 0 Å². The predicted molar refractivity (Wildman–Crippen MR) is 67.4 cm³/mol. The van der Waals surface area contributed by atoms with Crippen LogP contribution in [0.4, 0.5) is 14.5 Å². The highest BCUT2D eigenvalue weighted by molar-refractivity contribution is 5.92. The van der Waals surface area contributed by atoms with Gasteiger partial charge in [0.1, 0.15) is 11.5 Å². The first-order chi connectivity index (χ1) is 8.47. The molecule has 1 atom stereocenters. The molecule has 2 N–H and O–H groups in total. The summed E-state index contributed by atoms with van der Waals surface area (Å²) < 4.78 is 27.1. The van der Waals surface area contributed by atoms with Crippen LogP contribution in [0.15, 0.2) is 12.1 Å². The van der Waals surface area contributed by atoms with Crippen molar-refractivity contribution in [3.8, 4) is 0 Å². The Morgan fingerprint density at radius 2 is 2.06 bits per heavy atom. The largest absolute Gasteiger partial charge is 0.321 e. The first-order valence-corrected chi connectivity index (χ1v) is 5.93. The predicted octanol–water partition coefficient (Wildman–Crippen LogP) is 2.46. The van der Waals surface area contributed by atoms with E-state index in [1.807, 2.05) is 6.92 Å². The topological polar surface area (TPSA) is 41.1 Å². The van der Waals surface area contributed by atoms with E-state index in [9.17, 15) is 13.6 Å². The molecule has 0 aromatic heterocycles. The lowest BCUT2D eigenvalue weighted by molar-refractivity contribution is -0.119. The Kier molecular flexibility index (Phi) is 5.22. The average molecular weight is 256 g/mol. The molecule has 0 aliphatic rings. The van der Waals surface area contributed by atoms with Gasteiger partial charge < -0.3 is 10.6 Å². The third-order valence-corrected chi connectivity index (χ3v) is 2.68. The van der Waals surface area contributed by atoms with Gasteiger partial charge in [-0.15, -0.1) is 0 Å². The summed E-state index contributed by atoms with van der Waals surface area (Å²) in [5.74, 6) is -2.25. The van der Waals surface area contributed by atoms with Crippen LogP contribution >= 0.6 is 0 Å². The Morgan fingerprint density at radius 1 is 1.39 bits per heavy atom. The zero-order valence-corrected chi connectivity index (χ0v) is 10.8. The van der Waals surface area contributed by atoms with Crippen LogP contribution in [-0.4, -0.2) is 19.0 Å². The first-order valence-electron chi connectivity index (χ1n) is 5.93. The van der Waals surface area contributed by atoms with Crippen molar-refractivity contribution in [1.82, 2.24) is 5.32 Å². The highest BCUT2D eigenvalue weighted by atomic mass is 19.1. The summed E-state index contributed by atoms with van der Waals surface area (Å²) >= 11 is 0. The molecule has 0 spiro atoms. The second-order valence-corrected chi connectivity index (χ2v) is 4.25. The lowest BCUT2D eigenvalue weighted by Crippen LogP contribution is -2.31. The van der Waals surface area contributed by atoms with Gasteiger partial charge in [0.2, 0.25) is 5.91 Å². The zero-order valence-electron chi connectivity index (χ0n) is 10.8. The molecule has 5 heteroatoms. The van der Waals surface area contributed by atoms with E-state index in [1.54, 1.807) is 6.92 Å². The second kappa shape index (κ2) is 6.44. The van der Waals surface area contributed by atoms with Crippen LogP contribution in [0.2, 0.25) is 0 Å². The summed E-state index contributed by atoms with van der Waals surface area (Å²) in [5, 5.41) is 5.31. The summed E-state index contributed by atoms with van der Waals surface area (Å²) in [4.78, 5) is 11.7. The molecule has 0 aliphatic carbocycles. The SMILES string of the molecule is CCNCC(C)C(=O)Nc1c(F)ccc(C)c1F. The van der Waals surface area contributed by atoms with E-state index >= 15 is 0 Å². The fourth-order valence-electron chi connectivity index (χ4n) is 1.47. The normalized spacial score (nSPS) is 12.3. The maximum Gasteiger partial charge on any atom is 0.228 e. The molecule has 1 aromatic rings. The summed E-state index contributed by atoms with van der Waals surface area (Å²) in [6, 6.07) is 2.48. The van der Waals surface area contributed by atoms with Crippen molar-refractivity contribution in [2.45, 2.75) is 20.8 Å². The van der Waals surface area contributed by atoms with Gasteiger partial charge in [0.05, 0.1) is 0 Å². The quantitative estimate of drug-likeness (QED) is 0.849. The fourth-order valence-corrected chi connectivity index (χ4v) is 1.47. The molecule has 0 radical (unpaired) electrons. The molecule has 0 saturated carbocycles. The monoisotopic (exact) mass is 256 g/mol. The fraction of sp³-hybridized carbons (Fsp3) is 0.462. The number of amides is 1. The Morgan fingerprint density at radius 3 is 2.67 bits per heavy atom. The van der Waals surface area contributed by atoms with Gasteiger partial charge in [-0.25, -0.2) is 8.78 Å². The maximum atomic E-state index is 13.7. The van der Waals surface area contributed by atoms with E-state index in [1.165, 1.54) is 13.0 Å². The van der Waals surface area contributed by atoms with E-state index in [0.29, 0.717) is 12.1 Å². The van der Waals surface area contributed by atoms with Gasteiger partial charge in [0.15, 0.2) is 5.82 Å². The van der Waals surface area contributed by atoms with Crippen molar-refractivity contribution in [2.75, 3.05) is 18.4 Å². The molecule has 0 aliphatic heterocycles. The molecule has 1 amide bonds. The molecule has 0 heterocycles. The van der Waals surface area contributed by atoms with Gasteiger partial charge in [-0.2, -0.15) is 0 Å². The molecular formula is C13H18F2N2O. The third kappa shape index (κ3) is 3.50. The Hall–Kier alpha value is -1.49. The molecule has 1 aromatic carbocycles. The maximum absolute atomic E-state index is 13.7. The number of aryl methyl sites for hydroxylation is 1. The summed E-state index contributed by atoms with van der Waals surface area (Å²) in [6.45, 7) is 6.35. The number of carbonyl (C=O) groups excluding carboxylic acids is 1. The minimum Gasteiger partial charge on any atom is -0.321 e. The van der Waals surface area contributed by atoms with Gasteiger partial charge in [-0.1, -0.05) is 19.9 Å². The number of halogens is 2. The first kappa shape index (κ1) is 14.6. The highest BCUT2D eigenvalue weighted by Gasteiger charge is 2.18. The van der Waals surface area contributed by atoms with Crippen LogP contribution in [0, 0.1) is 24.5 Å². The molecule has 18 heavy (non-hydrogen) atoms. The van der Waals surface area contributed by atoms with E-state index in [2.05, 4.69) is 10.6 Å². The van der Waals surface area contributed by atoms with Gasteiger partial charge in [-0.3, -0.25) is 4.79 Å². The van der Waals surface area contributed by atoms with Gasteiger partial charge in [0, 0.05) is 12.5 Å². The minimum atomic E-state index is -0.762. The lowest BCUT2D eigenvalue weighted by atomic mass is 10.1. The second-order valence-electron chi connectivity index (χ2n) is 4.25. The number of hydrogen-bond donors (Lipinski definition) is 2. The number of anilines is 1. The van der Waals surface area contributed by atoms with Crippen molar-refractivity contribution in [1.29, 1.82) is 0 Å². The van der Waals surface area contributed by atoms with Crippen LogP contribution in [0.1, 0.15) is 19.4 Å². The molecular weight excluding hydrogens is 238 g/mol. The third-order valence-electron chi connectivity index (χ3n) is 2.68. The molecule has 0 saturated heterocycles. The average Bonchev–Trinajstić information content (AvgIpc) is 2.36. The van der Waals surface area contributed by atoms with Gasteiger partial charge in [0.25, 0.3) is 0 Å². The smallest absolute Gasteiger partial charge is 0.228 e. The molecule has 100 valence electrons. The van der Waals surface area contributed by atoms with E-state index in [0.717, 1.165) is 12.6 Å². The number of nitrogens with one attached hydrogen (secondary N) is 2. The Bertz CT molecular complexity index is 435. The van der Waals surface area contributed by atoms with Crippen molar-refractivity contribution in [2.24, 2.45) is 5.92 Å². The molecule has 1 rings (SSSR count). The number of hydrogen-bond acceptors (Lipinski definition) is 2. The zero-order chi connectivity index (χ0) is 13.7. The van der Waals surface area contributed by atoms with Crippen LogP contribution in [-0.2, 0) is 4.79 Å². The summed E-state index contributed by atoms with van der Waals surface area (Å²) in [5.41, 5.74) is -0.0746. The molecule has 1 unspecified atom stereocenters. The Balaban J connectivity index is 2.79.